The fourth-order valence-electron chi connectivity index (χ4n) is 2.99. The molecule has 0 aromatic heterocycles. The van der Waals surface area contributed by atoms with E-state index in [1.54, 1.807) is 6.92 Å². The van der Waals surface area contributed by atoms with Gasteiger partial charge in [0.2, 0.25) is 5.91 Å². The lowest BCUT2D eigenvalue weighted by molar-refractivity contribution is -0.146. The largest absolute Gasteiger partial charge is 0.465 e. The number of aryl methyl sites for hydroxylation is 1. The zero-order valence-electron chi connectivity index (χ0n) is 14.4. The fourth-order valence-corrected chi connectivity index (χ4v) is 2.99. The standard InChI is InChI=1S/C19H28N2O3/c1-2-24-19(23)17(13-12-15-9-5-3-6-10-15)21-16-11-7-4-8-14-20-18(16)22/h3,5-6,9-10,16-17,21H,2,4,7-8,11-14H2,1H3,(H,20,22). The van der Waals surface area contributed by atoms with E-state index in [9.17, 15) is 9.59 Å². The number of rotatable bonds is 7. The van der Waals surface area contributed by atoms with Crippen molar-refractivity contribution in [1.82, 2.24) is 10.6 Å². The van der Waals surface area contributed by atoms with Gasteiger partial charge in [-0.1, -0.05) is 43.2 Å². The van der Waals surface area contributed by atoms with Crippen LogP contribution in [0, 0.1) is 0 Å². The van der Waals surface area contributed by atoms with Crippen LogP contribution < -0.4 is 10.6 Å². The zero-order valence-corrected chi connectivity index (χ0v) is 14.4. The van der Waals surface area contributed by atoms with E-state index < -0.39 is 6.04 Å². The molecular weight excluding hydrogens is 304 g/mol. The van der Waals surface area contributed by atoms with Gasteiger partial charge >= 0.3 is 5.97 Å². The second kappa shape index (κ2) is 10.1. The van der Waals surface area contributed by atoms with Crippen LogP contribution in [0.15, 0.2) is 30.3 Å². The first-order valence-electron chi connectivity index (χ1n) is 8.95. The first kappa shape index (κ1) is 18.5. The van der Waals surface area contributed by atoms with Gasteiger partial charge in [0.25, 0.3) is 0 Å². The summed E-state index contributed by atoms with van der Waals surface area (Å²) < 4.78 is 5.19. The van der Waals surface area contributed by atoms with E-state index in [2.05, 4.69) is 10.6 Å². The first-order chi connectivity index (χ1) is 11.7. The maximum atomic E-state index is 12.3. The summed E-state index contributed by atoms with van der Waals surface area (Å²) in [6.07, 6.45) is 5.27. The molecule has 2 unspecified atom stereocenters. The van der Waals surface area contributed by atoms with Crippen molar-refractivity contribution < 1.29 is 14.3 Å². The minimum atomic E-state index is -0.458. The molecule has 1 heterocycles. The van der Waals surface area contributed by atoms with Crippen LogP contribution in [0.3, 0.4) is 0 Å². The third-order valence-electron chi connectivity index (χ3n) is 4.32. The second-order valence-corrected chi connectivity index (χ2v) is 6.19. The molecule has 1 aromatic rings. The Morgan fingerprint density at radius 2 is 2.08 bits per heavy atom. The third-order valence-corrected chi connectivity index (χ3v) is 4.32. The van der Waals surface area contributed by atoms with E-state index in [4.69, 9.17) is 4.74 Å². The van der Waals surface area contributed by atoms with Crippen molar-refractivity contribution in [3.8, 4) is 0 Å². The average Bonchev–Trinajstić information content (AvgIpc) is 2.58. The Hall–Kier alpha value is -1.88. The van der Waals surface area contributed by atoms with Gasteiger partial charge in [-0.2, -0.15) is 0 Å². The number of benzene rings is 1. The van der Waals surface area contributed by atoms with Crippen molar-refractivity contribution >= 4 is 11.9 Å². The van der Waals surface area contributed by atoms with Crippen molar-refractivity contribution in [1.29, 1.82) is 0 Å². The molecule has 2 N–H and O–H groups in total. The molecular formula is C19H28N2O3. The molecule has 1 amide bonds. The van der Waals surface area contributed by atoms with Crippen molar-refractivity contribution in [2.75, 3.05) is 13.2 Å². The van der Waals surface area contributed by atoms with E-state index in [1.165, 1.54) is 5.56 Å². The highest BCUT2D eigenvalue weighted by atomic mass is 16.5. The van der Waals surface area contributed by atoms with Gasteiger partial charge in [-0.05, 0) is 38.2 Å². The van der Waals surface area contributed by atoms with Gasteiger partial charge in [-0.3, -0.25) is 14.9 Å². The summed E-state index contributed by atoms with van der Waals surface area (Å²) in [5.74, 6) is -0.285. The van der Waals surface area contributed by atoms with Gasteiger partial charge in [0.05, 0.1) is 12.6 Å². The predicted molar refractivity (Wildman–Crippen MR) is 93.6 cm³/mol. The van der Waals surface area contributed by atoms with Crippen molar-refractivity contribution in [3.05, 3.63) is 35.9 Å². The highest BCUT2D eigenvalue weighted by Crippen LogP contribution is 2.11. The Balaban J connectivity index is 1.98. The van der Waals surface area contributed by atoms with Crippen LogP contribution in [0.2, 0.25) is 0 Å². The lowest BCUT2D eigenvalue weighted by atomic mass is 10.0. The summed E-state index contributed by atoms with van der Waals surface area (Å²) in [5, 5.41) is 6.17. The molecule has 1 aliphatic rings. The number of carbonyl (C=O) groups is 2. The summed E-state index contributed by atoms with van der Waals surface area (Å²) in [7, 11) is 0. The Morgan fingerprint density at radius 1 is 1.29 bits per heavy atom. The van der Waals surface area contributed by atoms with Crippen LogP contribution >= 0.6 is 0 Å². The van der Waals surface area contributed by atoms with E-state index in [1.807, 2.05) is 30.3 Å². The molecule has 2 rings (SSSR count). The molecule has 1 aromatic carbocycles. The Labute approximate surface area is 144 Å². The second-order valence-electron chi connectivity index (χ2n) is 6.19. The number of nitrogens with one attached hydrogen (secondary N) is 2. The minimum Gasteiger partial charge on any atom is -0.465 e. The number of hydrogen-bond acceptors (Lipinski definition) is 4. The predicted octanol–water partition coefficient (Wildman–Crippen LogP) is 2.20. The topological polar surface area (TPSA) is 67.4 Å². The molecule has 5 nitrogen and oxygen atoms in total. The highest BCUT2D eigenvalue weighted by molar-refractivity contribution is 5.83. The minimum absolute atomic E-state index is 0.0105. The molecule has 0 aliphatic carbocycles. The normalized spacial score (nSPS) is 19.7. The van der Waals surface area contributed by atoms with E-state index in [0.29, 0.717) is 19.6 Å². The molecule has 5 heteroatoms. The molecule has 0 bridgehead atoms. The molecule has 1 fully saturated rings. The lowest BCUT2D eigenvalue weighted by Crippen LogP contribution is -2.52. The highest BCUT2D eigenvalue weighted by Gasteiger charge is 2.27. The molecule has 0 saturated carbocycles. The van der Waals surface area contributed by atoms with Gasteiger partial charge in [-0.15, -0.1) is 0 Å². The molecule has 1 saturated heterocycles. The molecule has 24 heavy (non-hydrogen) atoms. The van der Waals surface area contributed by atoms with Crippen LogP contribution in [0.4, 0.5) is 0 Å². The molecule has 1 aliphatic heterocycles. The van der Waals surface area contributed by atoms with Crippen LogP contribution in [-0.4, -0.2) is 37.1 Å². The van der Waals surface area contributed by atoms with E-state index in [0.717, 1.165) is 32.1 Å². The molecule has 132 valence electrons. The molecule has 2 atom stereocenters. The fraction of sp³-hybridized carbons (Fsp3) is 0.579. The number of carbonyl (C=O) groups excluding carboxylic acids is 2. The van der Waals surface area contributed by atoms with Crippen molar-refractivity contribution in [2.24, 2.45) is 0 Å². The van der Waals surface area contributed by atoms with E-state index >= 15 is 0 Å². The summed E-state index contributed by atoms with van der Waals surface area (Å²) in [6.45, 7) is 2.86. The number of hydrogen-bond donors (Lipinski definition) is 2. The zero-order chi connectivity index (χ0) is 17.2. The Kier molecular flexibility index (Phi) is 7.75. The first-order valence-corrected chi connectivity index (χ1v) is 8.95. The summed E-state index contributed by atoms with van der Waals surface area (Å²) in [5.41, 5.74) is 1.18. The Bertz CT molecular complexity index is 519. The summed E-state index contributed by atoms with van der Waals surface area (Å²) >= 11 is 0. The van der Waals surface area contributed by atoms with Gasteiger partial charge in [-0.25, -0.2) is 0 Å². The summed E-state index contributed by atoms with van der Waals surface area (Å²) in [4.78, 5) is 24.5. The van der Waals surface area contributed by atoms with Crippen LogP contribution in [-0.2, 0) is 20.7 Å². The average molecular weight is 332 g/mol. The van der Waals surface area contributed by atoms with Crippen LogP contribution in [0.5, 0.6) is 0 Å². The number of amides is 1. The maximum absolute atomic E-state index is 12.3. The smallest absolute Gasteiger partial charge is 0.323 e. The third kappa shape index (κ3) is 5.96. The van der Waals surface area contributed by atoms with Gasteiger partial charge < -0.3 is 10.1 Å². The maximum Gasteiger partial charge on any atom is 0.323 e. The lowest BCUT2D eigenvalue weighted by Gasteiger charge is -2.25. The molecule has 0 spiro atoms. The van der Waals surface area contributed by atoms with Crippen LogP contribution in [0.25, 0.3) is 0 Å². The molecule has 0 radical (unpaired) electrons. The SMILES string of the molecule is CCOC(=O)C(CCc1ccccc1)NC1CCCCCNC1=O. The van der Waals surface area contributed by atoms with Gasteiger partial charge in [0, 0.05) is 6.54 Å². The quantitative estimate of drug-likeness (QED) is 0.751. The van der Waals surface area contributed by atoms with Gasteiger partial charge in [0.1, 0.15) is 6.04 Å². The van der Waals surface area contributed by atoms with Crippen LogP contribution in [0.1, 0.15) is 44.6 Å². The van der Waals surface area contributed by atoms with Gasteiger partial charge in [0.15, 0.2) is 0 Å². The van der Waals surface area contributed by atoms with E-state index in [-0.39, 0.29) is 17.9 Å². The monoisotopic (exact) mass is 332 g/mol. The summed E-state index contributed by atoms with van der Waals surface area (Å²) in [6, 6.07) is 9.27. The number of esters is 1. The van der Waals surface area contributed by atoms with Crippen molar-refractivity contribution in [2.45, 2.75) is 57.5 Å². The van der Waals surface area contributed by atoms with Crippen molar-refractivity contribution in [3.63, 3.8) is 0 Å². The number of ether oxygens (including phenoxy) is 1. The Morgan fingerprint density at radius 3 is 2.83 bits per heavy atom.